The van der Waals surface area contributed by atoms with Crippen molar-refractivity contribution >= 4 is 53.8 Å². The number of amides is 1. The number of halogens is 1. The summed E-state index contributed by atoms with van der Waals surface area (Å²) in [7, 11) is 0. The highest BCUT2D eigenvalue weighted by Crippen LogP contribution is 2.51. The average molecular weight is 503 g/mol. The molecule has 7 nitrogen and oxygen atoms in total. The molecule has 32 heavy (non-hydrogen) atoms. The lowest BCUT2D eigenvalue weighted by Crippen LogP contribution is -2.53. The molecular formula is C22H31ClN2O5S2. The zero-order valence-corrected chi connectivity index (χ0v) is 20.8. The van der Waals surface area contributed by atoms with Gasteiger partial charge in [0, 0.05) is 24.5 Å². The van der Waals surface area contributed by atoms with Gasteiger partial charge in [-0.05, 0) is 32.3 Å². The number of carboxylic acid groups (broad SMARTS) is 1. The van der Waals surface area contributed by atoms with Gasteiger partial charge in [-0.1, -0.05) is 30.3 Å². The summed E-state index contributed by atoms with van der Waals surface area (Å²) in [6.07, 6.45) is 1.60. The van der Waals surface area contributed by atoms with Crippen LogP contribution in [0.2, 0.25) is 0 Å². The van der Waals surface area contributed by atoms with Crippen LogP contribution in [0.15, 0.2) is 30.3 Å². The lowest BCUT2D eigenvalue weighted by molar-refractivity contribution is -0.150. The maximum absolute atomic E-state index is 13.2. The fourth-order valence-electron chi connectivity index (χ4n) is 4.09. The van der Waals surface area contributed by atoms with Gasteiger partial charge in [-0.2, -0.15) is 0 Å². The standard InChI is InChI=1S/C22H30N2O5S2.ClH/c1-3-29-21(28)17(10-9-16-7-5-4-6-8-16)23-15(2)19(25)24-14-22(30-11-12-31-22)13-18(24)20(26)27;/h4-8,15,17-18,23H,3,9-14H2,1-2H3,(H,26,27);1H/t15-,17-,18?;/m0./s1. The SMILES string of the molecule is CCOC(=O)[C@H](CCc1ccccc1)N[C@@H](C)C(=O)N1CC2(CC1C(=O)O)SCCS2.Cl. The molecule has 0 aromatic heterocycles. The van der Waals surface area contributed by atoms with Crippen molar-refractivity contribution in [3.63, 3.8) is 0 Å². The van der Waals surface area contributed by atoms with Gasteiger partial charge in [0.25, 0.3) is 0 Å². The molecule has 1 aromatic carbocycles. The smallest absolute Gasteiger partial charge is 0.326 e. The molecule has 178 valence electrons. The van der Waals surface area contributed by atoms with Gasteiger partial charge < -0.3 is 14.7 Å². The van der Waals surface area contributed by atoms with Gasteiger partial charge in [-0.3, -0.25) is 14.9 Å². The zero-order chi connectivity index (χ0) is 22.4. The van der Waals surface area contributed by atoms with Crippen LogP contribution in [0.25, 0.3) is 0 Å². The van der Waals surface area contributed by atoms with E-state index >= 15 is 0 Å². The third-order valence-electron chi connectivity index (χ3n) is 5.63. The fraction of sp³-hybridized carbons (Fsp3) is 0.591. The number of thioether (sulfide) groups is 2. The Hall–Kier alpha value is -1.42. The predicted octanol–water partition coefficient (Wildman–Crippen LogP) is 2.81. The Bertz CT molecular complexity index is 792. The van der Waals surface area contributed by atoms with Crippen molar-refractivity contribution in [3.8, 4) is 0 Å². The minimum Gasteiger partial charge on any atom is -0.480 e. The lowest BCUT2D eigenvalue weighted by atomic mass is 10.0. The van der Waals surface area contributed by atoms with Gasteiger partial charge in [-0.15, -0.1) is 35.9 Å². The van der Waals surface area contributed by atoms with Crippen LogP contribution in [-0.2, 0) is 25.5 Å². The van der Waals surface area contributed by atoms with Crippen LogP contribution in [0.1, 0.15) is 32.3 Å². The van der Waals surface area contributed by atoms with Gasteiger partial charge >= 0.3 is 11.9 Å². The van der Waals surface area contributed by atoms with E-state index in [9.17, 15) is 19.5 Å². The summed E-state index contributed by atoms with van der Waals surface area (Å²) in [6.45, 7) is 4.11. The first-order valence-electron chi connectivity index (χ1n) is 10.6. The molecule has 3 atom stereocenters. The lowest BCUT2D eigenvalue weighted by Gasteiger charge is -2.28. The minimum absolute atomic E-state index is 0. The van der Waals surface area contributed by atoms with E-state index < -0.39 is 30.1 Å². The molecule has 2 fully saturated rings. The topological polar surface area (TPSA) is 95.9 Å². The number of aryl methyl sites for hydroxylation is 1. The van der Waals surface area contributed by atoms with E-state index in [0.717, 1.165) is 17.1 Å². The van der Waals surface area contributed by atoms with Gasteiger partial charge in [0.05, 0.1) is 16.7 Å². The number of hydrogen-bond acceptors (Lipinski definition) is 7. The molecular weight excluding hydrogens is 472 g/mol. The molecule has 2 aliphatic heterocycles. The van der Waals surface area contributed by atoms with Crippen molar-refractivity contribution in [2.45, 2.75) is 55.3 Å². The predicted molar refractivity (Wildman–Crippen MR) is 130 cm³/mol. The molecule has 2 heterocycles. The van der Waals surface area contributed by atoms with Crippen molar-refractivity contribution in [1.82, 2.24) is 10.2 Å². The van der Waals surface area contributed by atoms with Crippen LogP contribution in [0.5, 0.6) is 0 Å². The van der Waals surface area contributed by atoms with E-state index in [1.807, 2.05) is 30.3 Å². The fourth-order valence-corrected chi connectivity index (χ4v) is 7.34. The number of carboxylic acids is 1. The van der Waals surface area contributed by atoms with Crippen LogP contribution >= 0.6 is 35.9 Å². The Morgan fingerprint density at radius 3 is 2.50 bits per heavy atom. The number of likely N-dealkylation sites (tertiary alicyclic amines) is 1. The Morgan fingerprint density at radius 1 is 1.25 bits per heavy atom. The Kier molecular flexibility index (Phi) is 10.2. The number of aliphatic carboxylic acids is 1. The Labute approximate surface area is 203 Å². The maximum atomic E-state index is 13.2. The zero-order valence-electron chi connectivity index (χ0n) is 18.3. The second kappa shape index (κ2) is 12.2. The van der Waals surface area contributed by atoms with Crippen molar-refractivity contribution < 1.29 is 24.2 Å². The number of carbonyl (C=O) groups is 3. The van der Waals surface area contributed by atoms with E-state index in [1.165, 1.54) is 4.90 Å². The first-order valence-corrected chi connectivity index (χ1v) is 12.6. The minimum atomic E-state index is -0.975. The molecule has 2 saturated heterocycles. The molecule has 1 spiro atoms. The van der Waals surface area contributed by atoms with Crippen molar-refractivity contribution in [3.05, 3.63) is 35.9 Å². The molecule has 3 rings (SSSR count). The monoisotopic (exact) mass is 502 g/mol. The highest BCUT2D eigenvalue weighted by Gasteiger charge is 2.52. The largest absolute Gasteiger partial charge is 0.480 e. The van der Waals surface area contributed by atoms with E-state index in [0.29, 0.717) is 25.8 Å². The Balaban J connectivity index is 0.00000363. The summed E-state index contributed by atoms with van der Waals surface area (Å²) in [5.74, 6) is 0.282. The molecule has 2 aliphatic rings. The van der Waals surface area contributed by atoms with Gasteiger partial charge in [0.2, 0.25) is 5.91 Å². The third-order valence-corrected chi connectivity index (χ3v) is 9.06. The second-order valence-electron chi connectivity index (χ2n) is 7.85. The molecule has 1 amide bonds. The number of benzene rings is 1. The quantitative estimate of drug-likeness (QED) is 0.498. The number of esters is 1. The number of carbonyl (C=O) groups excluding carboxylic acids is 2. The van der Waals surface area contributed by atoms with Crippen molar-refractivity contribution in [2.24, 2.45) is 0 Å². The highest BCUT2D eigenvalue weighted by molar-refractivity contribution is 8.21. The maximum Gasteiger partial charge on any atom is 0.326 e. The molecule has 0 aliphatic carbocycles. The van der Waals surface area contributed by atoms with Gasteiger partial charge in [-0.25, -0.2) is 4.79 Å². The van der Waals surface area contributed by atoms with Crippen LogP contribution in [0, 0.1) is 0 Å². The van der Waals surface area contributed by atoms with Crippen LogP contribution in [0.4, 0.5) is 0 Å². The summed E-state index contributed by atoms with van der Waals surface area (Å²) in [4.78, 5) is 39.1. The van der Waals surface area contributed by atoms with Crippen LogP contribution in [-0.4, -0.2) is 74.7 Å². The molecule has 0 bridgehead atoms. The molecule has 2 N–H and O–H groups in total. The van der Waals surface area contributed by atoms with E-state index in [4.69, 9.17) is 4.74 Å². The second-order valence-corrected chi connectivity index (χ2v) is 11.1. The number of hydrogen-bond donors (Lipinski definition) is 2. The number of nitrogens with zero attached hydrogens (tertiary/aromatic N) is 1. The molecule has 1 unspecified atom stereocenters. The number of rotatable bonds is 9. The molecule has 10 heteroatoms. The Morgan fingerprint density at radius 2 is 1.91 bits per heavy atom. The van der Waals surface area contributed by atoms with Crippen LogP contribution in [0.3, 0.4) is 0 Å². The number of nitrogens with one attached hydrogen (secondary N) is 1. The summed E-state index contributed by atoms with van der Waals surface area (Å²) in [5, 5.41) is 12.8. The highest BCUT2D eigenvalue weighted by atomic mass is 35.5. The number of ether oxygens (including phenoxy) is 1. The summed E-state index contributed by atoms with van der Waals surface area (Å²) < 4.78 is 4.98. The normalized spacial score (nSPS) is 21.1. The van der Waals surface area contributed by atoms with Gasteiger partial charge in [0.1, 0.15) is 12.1 Å². The summed E-state index contributed by atoms with van der Waals surface area (Å²) >= 11 is 3.50. The average Bonchev–Trinajstić information content (AvgIpc) is 3.38. The van der Waals surface area contributed by atoms with E-state index in [1.54, 1.807) is 37.4 Å². The molecule has 0 saturated carbocycles. The summed E-state index contributed by atoms with van der Waals surface area (Å²) in [6, 6.07) is 7.65. The summed E-state index contributed by atoms with van der Waals surface area (Å²) in [5.41, 5.74) is 1.10. The third kappa shape index (κ3) is 6.56. The molecule has 0 radical (unpaired) electrons. The van der Waals surface area contributed by atoms with E-state index in [-0.39, 0.29) is 29.0 Å². The first-order chi connectivity index (χ1) is 14.8. The van der Waals surface area contributed by atoms with Crippen molar-refractivity contribution in [1.29, 1.82) is 0 Å². The van der Waals surface area contributed by atoms with Crippen LogP contribution < -0.4 is 5.32 Å². The first kappa shape index (κ1) is 26.8. The molecule has 1 aromatic rings. The van der Waals surface area contributed by atoms with Crippen molar-refractivity contribution in [2.75, 3.05) is 24.7 Å². The van der Waals surface area contributed by atoms with Gasteiger partial charge in [0.15, 0.2) is 0 Å². The van der Waals surface area contributed by atoms with E-state index in [2.05, 4.69) is 5.32 Å².